The Hall–Kier alpha value is -0.700. The van der Waals surface area contributed by atoms with Crippen LogP contribution in [0.4, 0.5) is 0 Å². The summed E-state index contributed by atoms with van der Waals surface area (Å²) in [6, 6.07) is 0. The summed E-state index contributed by atoms with van der Waals surface area (Å²) >= 11 is 0. The number of aliphatic carboxylic acids is 1. The molecule has 0 aromatic carbocycles. The summed E-state index contributed by atoms with van der Waals surface area (Å²) in [5.41, 5.74) is 0. The molecule has 1 saturated heterocycles. The van der Waals surface area contributed by atoms with Crippen LogP contribution in [0.3, 0.4) is 0 Å². The molecule has 0 amide bonds. The van der Waals surface area contributed by atoms with Crippen molar-refractivity contribution in [3.63, 3.8) is 0 Å². The summed E-state index contributed by atoms with van der Waals surface area (Å²) in [7, 11) is -3.54. The number of carboxylic acids is 1. The van der Waals surface area contributed by atoms with Crippen LogP contribution < -0.4 is 4.72 Å². The van der Waals surface area contributed by atoms with Gasteiger partial charge in [-0.25, -0.2) is 4.72 Å². The second-order valence-corrected chi connectivity index (χ2v) is 6.23. The Labute approximate surface area is 107 Å². The molecule has 18 heavy (non-hydrogen) atoms. The van der Waals surface area contributed by atoms with E-state index in [0.29, 0.717) is 13.1 Å². The monoisotopic (exact) mass is 280 g/mol. The van der Waals surface area contributed by atoms with E-state index in [0.717, 1.165) is 0 Å². The number of carbonyl (C=O) groups is 1. The van der Waals surface area contributed by atoms with Crippen molar-refractivity contribution in [2.75, 3.05) is 19.6 Å². The van der Waals surface area contributed by atoms with Crippen LogP contribution in [-0.2, 0) is 19.7 Å². The summed E-state index contributed by atoms with van der Waals surface area (Å²) in [5, 5.41) is 8.46. The first-order chi connectivity index (χ1) is 8.31. The average molecular weight is 280 g/mol. The van der Waals surface area contributed by atoms with Crippen LogP contribution in [-0.4, -0.2) is 55.6 Å². The van der Waals surface area contributed by atoms with Crippen molar-refractivity contribution in [2.45, 2.75) is 38.9 Å². The first-order valence-electron chi connectivity index (χ1n) is 5.93. The summed E-state index contributed by atoms with van der Waals surface area (Å²) in [6.07, 6.45) is -0.0312. The minimum atomic E-state index is -3.54. The van der Waals surface area contributed by atoms with Crippen LogP contribution in [0, 0.1) is 0 Å². The summed E-state index contributed by atoms with van der Waals surface area (Å²) in [6.45, 7) is 4.41. The van der Waals surface area contributed by atoms with E-state index in [1.54, 1.807) is 0 Å². The molecule has 7 nitrogen and oxygen atoms in total. The highest BCUT2D eigenvalue weighted by atomic mass is 32.2. The fourth-order valence-electron chi connectivity index (χ4n) is 1.86. The molecule has 0 radical (unpaired) electrons. The minimum absolute atomic E-state index is 0.0432. The fourth-order valence-corrected chi connectivity index (χ4v) is 3.26. The average Bonchev–Trinajstić information content (AvgIpc) is 2.23. The normalized spacial score (nSPS) is 26.1. The van der Waals surface area contributed by atoms with Crippen molar-refractivity contribution in [3.05, 3.63) is 0 Å². The first kappa shape index (κ1) is 15.4. The highest BCUT2D eigenvalue weighted by Gasteiger charge is 2.30. The molecule has 1 aliphatic heterocycles. The highest BCUT2D eigenvalue weighted by molar-refractivity contribution is 7.87. The number of morpholine rings is 1. The van der Waals surface area contributed by atoms with Crippen molar-refractivity contribution < 1.29 is 23.1 Å². The Morgan fingerprint density at radius 2 is 1.94 bits per heavy atom. The van der Waals surface area contributed by atoms with Crippen molar-refractivity contribution in [2.24, 2.45) is 0 Å². The Bertz CT molecular complexity index is 374. The van der Waals surface area contributed by atoms with Crippen molar-refractivity contribution >= 4 is 16.2 Å². The Balaban J connectivity index is 2.45. The van der Waals surface area contributed by atoms with E-state index < -0.39 is 16.2 Å². The molecule has 1 rings (SSSR count). The maximum atomic E-state index is 11.9. The Morgan fingerprint density at radius 1 is 1.39 bits per heavy atom. The Morgan fingerprint density at radius 3 is 2.44 bits per heavy atom. The molecule has 0 saturated carbocycles. The van der Waals surface area contributed by atoms with E-state index in [4.69, 9.17) is 9.84 Å². The predicted molar refractivity (Wildman–Crippen MR) is 65.4 cm³/mol. The number of ether oxygens (including phenoxy) is 1. The lowest BCUT2D eigenvalue weighted by molar-refractivity contribution is -0.137. The van der Waals surface area contributed by atoms with E-state index in [-0.39, 0.29) is 31.6 Å². The number of carboxylic acid groups (broad SMARTS) is 1. The molecule has 2 unspecified atom stereocenters. The van der Waals surface area contributed by atoms with Crippen LogP contribution in [0.25, 0.3) is 0 Å². The molecule has 2 N–H and O–H groups in total. The molecule has 1 heterocycles. The number of hydrogen-bond acceptors (Lipinski definition) is 4. The molecule has 0 aromatic rings. The van der Waals surface area contributed by atoms with E-state index in [9.17, 15) is 13.2 Å². The number of nitrogens with one attached hydrogen (secondary N) is 1. The minimum Gasteiger partial charge on any atom is -0.481 e. The molecule has 0 bridgehead atoms. The lowest BCUT2D eigenvalue weighted by atomic mass is 10.3. The molecule has 2 atom stereocenters. The van der Waals surface area contributed by atoms with Gasteiger partial charge in [-0.1, -0.05) is 0 Å². The van der Waals surface area contributed by atoms with Crippen molar-refractivity contribution in [3.8, 4) is 0 Å². The van der Waals surface area contributed by atoms with Gasteiger partial charge in [0.25, 0.3) is 10.2 Å². The van der Waals surface area contributed by atoms with Gasteiger partial charge in [0.1, 0.15) is 0 Å². The van der Waals surface area contributed by atoms with Gasteiger partial charge in [-0.3, -0.25) is 4.79 Å². The molecule has 0 spiro atoms. The van der Waals surface area contributed by atoms with Gasteiger partial charge in [0, 0.05) is 26.1 Å². The molecular weight excluding hydrogens is 260 g/mol. The zero-order valence-corrected chi connectivity index (χ0v) is 11.4. The number of nitrogens with zero attached hydrogens (tertiary/aromatic N) is 1. The van der Waals surface area contributed by atoms with Crippen LogP contribution >= 0.6 is 0 Å². The maximum absolute atomic E-state index is 11.9. The zero-order valence-electron chi connectivity index (χ0n) is 10.6. The molecule has 1 fully saturated rings. The summed E-state index contributed by atoms with van der Waals surface area (Å²) in [4.78, 5) is 10.3. The maximum Gasteiger partial charge on any atom is 0.303 e. The zero-order chi connectivity index (χ0) is 13.8. The largest absolute Gasteiger partial charge is 0.481 e. The highest BCUT2D eigenvalue weighted by Crippen LogP contribution is 2.13. The second kappa shape index (κ2) is 6.46. The van der Waals surface area contributed by atoms with Crippen LogP contribution in [0.1, 0.15) is 26.7 Å². The first-order valence-corrected chi connectivity index (χ1v) is 7.37. The van der Waals surface area contributed by atoms with Gasteiger partial charge in [0.05, 0.1) is 12.2 Å². The lowest BCUT2D eigenvalue weighted by Gasteiger charge is -2.34. The third-order valence-electron chi connectivity index (χ3n) is 2.58. The quantitative estimate of drug-likeness (QED) is 0.657. The van der Waals surface area contributed by atoms with Gasteiger partial charge >= 0.3 is 5.97 Å². The van der Waals surface area contributed by atoms with Crippen molar-refractivity contribution in [1.82, 2.24) is 9.03 Å². The van der Waals surface area contributed by atoms with Gasteiger partial charge in [-0.15, -0.1) is 0 Å². The molecule has 0 aliphatic carbocycles. The molecule has 0 aromatic heterocycles. The number of hydrogen-bond donors (Lipinski definition) is 2. The molecule has 8 heteroatoms. The molecule has 106 valence electrons. The van der Waals surface area contributed by atoms with E-state index in [1.807, 2.05) is 13.8 Å². The van der Waals surface area contributed by atoms with E-state index >= 15 is 0 Å². The molecule has 1 aliphatic rings. The van der Waals surface area contributed by atoms with Gasteiger partial charge in [-0.2, -0.15) is 12.7 Å². The number of rotatable bonds is 6. The van der Waals surface area contributed by atoms with Crippen LogP contribution in [0.2, 0.25) is 0 Å². The standard InChI is InChI=1S/C10H20N2O5S/c1-8-6-12(7-9(2)17-8)18(15,16)11-5-3-4-10(13)14/h8-9,11H,3-7H2,1-2H3,(H,13,14). The van der Waals surface area contributed by atoms with Gasteiger partial charge < -0.3 is 9.84 Å². The second-order valence-electron chi connectivity index (χ2n) is 4.47. The third-order valence-corrected chi connectivity index (χ3v) is 4.12. The summed E-state index contributed by atoms with van der Waals surface area (Å²) in [5.74, 6) is -0.928. The molecular formula is C10H20N2O5S. The van der Waals surface area contributed by atoms with Gasteiger partial charge in [-0.05, 0) is 20.3 Å². The third kappa shape index (κ3) is 4.89. The SMILES string of the molecule is CC1CN(S(=O)(=O)NCCCC(=O)O)CC(C)O1. The lowest BCUT2D eigenvalue weighted by Crippen LogP contribution is -2.52. The van der Waals surface area contributed by atoms with Crippen molar-refractivity contribution in [1.29, 1.82) is 0 Å². The van der Waals surface area contributed by atoms with E-state index in [1.165, 1.54) is 4.31 Å². The summed E-state index contributed by atoms with van der Waals surface area (Å²) < 4.78 is 33.1. The predicted octanol–water partition coefficient (Wildman–Crippen LogP) is -0.205. The fraction of sp³-hybridized carbons (Fsp3) is 0.900. The van der Waals surface area contributed by atoms with Crippen LogP contribution in [0.15, 0.2) is 0 Å². The van der Waals surface area contributed by atoms with E-state index in [2.05, 4.69) is 4.72 Å². The Kier molecular flexibility index (Phi) is 5.51. The van der Waals surface area contributed by atoms with Gasteiger partial charge in [0.15, 0.2) is 0 Å². The van der Waals surface area contributed by atoms with Gasteiger partial charge in [0.2, 0.25) is 0 Å². The topological polar surface area (TPSA) is 95.9 Å². The van der Waals surface area contributed by atoms with Crippen LogP contribution in [0.5, 0.6) is 0 Å². The smallest absolute Gasteiger partial charge is 0.303 e.